The minimum absolute atomic E-state index is 0.0294. The molecule has 4 bridgehead atoms. The number of piperidine rings is 1. The molecule has 4 saturated carbocycles. The number of likely N-dealkylation sites (tertiary alicyclic amines) is 1. The Morgan fingerprint density at radius 3 is 2.59 bits per heavy atom. The number of ether oxygens (including phenoxy) is 2. The Balaban J connectivity index is 1.47. The fraction of sp³-hybridized carbons (Fsp3) is 0.793. The van der Waals surface area contributed by atoms with Crippen LogP contribution < -0.4 is 4.74 Å². The molecule has 2 unspecified atom stereocenters. The Bertz CT molecular complexity index is 1060. The number of methoxy groups -OCH3 is 1. The van der Waals surface area contributed by atoms with Crippen molar-refractivity contribution in [3.63, 3.8) is 0 Å². The van der Waals surface area contributed by atoms with E-state index < -0.39 is 11.2 Å². The number of aliphatic hydroxyl groups is 1. The van der Waals surface area contributed by atoms with Crippen LogP contribution in [-0.2, 0) is 16.6 Å². The molecule has 186 valence electrons. The second-order valence-electron chi connectivity index (χ2n) is 13.8. The molecule has 7 aliphatic rings. The second-order valence-corrected chi connectivity index (χ2v) is 13.8. The lowest BCUT2D eigenvalue weighted by Gasteiger charge is -2.75. The molecule has 8 rings (SSSR count). The summed E-state index contributed by atoms with van der Waals surface area (Å²) in [5.74, 6) is 1.80. The highest BCUT2D eigenvalue weighted by atomic mass is 16.6. The standard InChI is InChI=1S/C29H41NO4/c1-25(2,3)26(4,32)20-15-27-10-11-29(20,33-5)24-28(27)12-13-30(16-17-6-7-17)21(27)14-18-8-9-19(31)23(34-24)22(18)28/h8-9,17,20-21,24,31-32H,6-7,10-16H2,1-5H3/t20-,21?,24?,26+,27-,28+,29+/m1/s1. The van der Waals surface area contributed by atoms with Gasteiger partial charge in [0, 0.05) is 42.0 Å². The molecule has 2 heterocycles. The minimum atomic E-state index is -0.909. The third kappa shape index (κ3) is 2.25. The first-order valence-corrected chi connectivity index (χ1v) is 13.6. The maximum absolute atomic E-state index is 12.2. The number of nitrogens with zero attached hydrogens (tertiary/aromatic N) is 1. The fourth-order valence-electron chi connectivity index (χ4n) is 9.58. The summed E-state index contributed by atoms with van der Waals surface area (Å²) in [6, 6.07) is 4.46. The summed E-state index contributed by atoms with van der Waals surface area (Å²) in [7, 11) is 1.83. The molecule has 7 atom stereocenters. The van der Waals surface area contributed by atoms with Gasteiger partial charge in [-0.3, -0.25) is 4.90 Å². The van der Waals surface area contributed by atoms with Crippen LogP contribution in [0.5, 0.6) is 11.5 Å². The Morgan fingerprint density at radius 1 is 1.15 bits per heavy atom. The second kappa shape index (κ2) is 6.33. The lowest BCUT2D eigenvalue weighted by atomic mass is 9.33. The Morgan fingerprint density at radius 2 is 1.91 bits per heavy atom. The van der Waals surface area contributed by atoms with E-state index in [-0.39, 0.29) is 34.0 Å². The zero-order valence-electron chi connectivity index (χ0n) is 21.5. The summed E-state index contributed by atoms with van der Waals surface area (Å²) < 4.78 is 13.5. The smallest absolute Gasteiger partial charge is 0.165 e. The van der Waals surface area contributed by atoms with Gasteiger partial charge in [-0.05, 0) is 81.4 Å². The SMILES string of the molecule is CO[C@@]12CC[C@@]3(C[C@@H]1[C@](C)(O)C(C)(C)C)C1Cc4ccc(O)c5c4[C@@]3(CCN1CC1CC1)C2O5. The molecule has 5 aliphatic carbocycles. The molecule has 5 fully saturated rings. The van der Waals surface area contributed by atoms with Crippen LogP contribution in [0.4, 0.5) is 0 Å². The van der Waals surface area contributed by atoms with Crippen molar-refractivity contribution in [1.82, 2.24) is 4.90 Å². The van der Waals surface area contributed by atoms with Crippen LogP contribution >= 0.6 is 0 Å². The van der Waals surface area contributed by atoms with Gasteiger partial charge in [-0.1, -0.05) is 26.8 Å². The van der Waals surface area contributed by atoms with Gasteiger partial charge in [-0.25, -0.2) is 0 Å². The lowest BCUT2D eigenvalue weighted by Crippen LogP contribution is -2.83. The number of aromatic hydroxyl groups is 1. The van der Waals surface area contributed by atoms with Crippen LogP contribution in [0.25, 0.3) is 0 Å². The van der Waals surface area contributed by atoms with E-state index in [1.807, 2.05) is 20.1 Å². The number of benzene rings is 1. The lowest BCUT2D eigenvalue weighted by molar-refractivity contribution is -0.312. The predicted molar refractivity (Wildman–Crippen MR) is 130 cm³/mol. The van der Waals surface area contributed by atoms with E-state index in [1.165, 1.54) is 30.5 Å². The van der Waals surface area contributed by atoms with E-state index in [0.717, 1.165) is 44.6 Å². The average Bonchev–Trinajstić information content (AvgIpc) is 3.53. The molecule has 5 nitrogen and oxygen atoms in total. The number of fused-ring (bicyclic) bond motifs is 2. The maximum atomic E-state index is 12.2. The van der Waals surface area contributed by atoms with Crippen LogP contribution in [0.15, 0.2) is 12.1 Å². The first-order chi connectivity index (χ1) is 16.0. The maximum Gasteiger partial charge on any atom is 0.165 e. The largest absolute Gasteiger partial charge is 0.504 e. The molecular formula is C29H41NO4. The van der Waals surface area contributed by atoms with Gasteiger partial charge in [0.1, 0.15) is 11.7 Å². The Hall–Kier alpha value is -1.30. The molecule has 1 saturated heterocycles. The van der Waals surface area contributed by atoms with Gasteiger partial charge in [0.15, 0.2) is 11.5 Å². The van der Waals surface area contributed by atoms with Gasteiger partial charge in [0.2, 0.25) is 0 Å². The van der Waals surface area contributed by atoms with Gasteiger partial charge in [0.25, 0.3) is 0 Å². The van der Waals surface area contributed by atoms with Crippen molar-refractivity contribution in [2.45, 2.75) is 101 Å². The normalized spacial score (nSPS) is 43.9. The van der Waals surface area contributed by atoms with Gasteiger partial charge in [0.05, 0.1) is 5.60 Å². The van der Waals surface area contributed by atoms with Crippen molar-refractivity contribution in [3.05, 3.63) is 23.3 Å². The molecule has 0 aromatic heterocycles. The van der Waals surface area contributed by atoms with Gasteiger partial charge < -0.3 is 19.7 Å². The van der Waals surface area contributed by atoms with Crippen molar-refractivity contribution in [2.24, 2.45) is 22.7 Å². The number of hydrogen-bond acceptors (Lipinski definition) is 5. The predicted octanol–water partition coefficient (Wildman–Crippen LogP) is 4.41. The Labute approximate surface area is 203 Å². The van der Waals surface area contributed by atoms with Crippen molar-refractivity contribution >= 4 is 0 Å². The summed E-state index contributed by atoms with van der Waals surface area (Å²) in [5.41, 5.74) is 0.783. The summed E-state index contributed by atoms with van der Waals surface area (Å²) in [6.45, 7) is 10.8. The van der Waals surface area contributed by atoms with Crippen LogP contribution in [0.3, 0.4) is 0 Å². The summed E-state index contributed by atoms with van der Waals surface area (Å²) >= 11 is 0. The number of hydrogen-bond donors (Lipinski definition) is 2. The van der Waals surface area contributed by atoms with E-state index in [0.29, 0.717) is 11.8 Å². The van der Waals surface area contributed by atoms with E-state index in [9.17, 15) is 10.2 Å². The van der Waals surface area contributed by atoms with Gasteiger partial charge >= 0.3 is 0 Å². The molecule has 2 N–H and O–H groups in total. The topological polar surface area (TPSA) is 62.2 Å². The molecule has 1 aromatic carbocycles. The fourth-order valence-corrected chi connectivity index (χ4v) is 9.58. The molecule has 0 amide bonds. The number of phenols is 1. The molecular weight excluding hydrogens is 426 g/mol. The first-order valence-electron chi connectivity index (χ1n) is 13.6. The molecule has 2 aliphatic heterocycles. The van der Waals surface area contributed by atoms with Crippen LogP contribution in [0.2, 0.25) is 0 Å². The Kier molecular flexibility index (Phi) is 4.08. The van der Waals surface area contributed by atoms with Crippen molar-refractivity contribution in [1.29, 1.82) is 0 Å². The monoisotopic (exact) mass is 467 g/mol. The quantitative estimate of drug-likeness (QED) is 0.687. The molecule has 0 radical (unpaired) electrons. The summed E-state index contributed by atoms with van der Waals surface area (Å²) in [5, 5.41) is 23.2. The third-order valence-electron chi connectivity index (χ3n) is 11.9. The van der Waals surface area contributed by atoms with E-state index in [2.05, 4.69) is 31.7 Å². The number of rotatable bonds is 4. The van der Waals surface area contributed by atoms with Crippen molar-refractivity contribution < 1.29 is 19.7 Å². The zero-order chi connectivity index (χ0) is 23.9. The molecule has 5 heteroatoms. The highest BCUT2D eigenvalue weighted by molar-refractivity contribution is 5.63. The summed E-state index contributed by atoms with van der Waals surface area (Å²) in [6.07, 6.45) is 7.64. The highest BCUT2D eigenvalue weighted by Crippen LogP contribution is 2.78. The first kappa shape index (κ1) is 21.9. The highest BCUT2D eigenvalue weighted by Gasteiger charge is 2.82. The van der Waals surface area contributed by atoms with Crippen molar-refractivity contribution in [3.8, 4) is 11.5 Å². The summed E-state index contributed by atoms with van der Waals surface area (Å²) in [4.78, 5) is 2.82. The van der Waals surface area contributed by atoms with E-state index >= 15 is 0 Å². The van der Waals surface area contributed by atoms with Gasteiger partial charge in [-0.2, -0.15) is 0 Å². The van der Waals surface area contributed by atoms with E-state index in [4.69, 9.17) is 9.47 Å². The van der Waals surface area contributed by atoms with Crippen LogP contribution in [-0.4, -0.2) is 58.7 Å². The van der Waals surface area contributed by atoms with Crippen LogP contribution in [0, 0.1) is 22.7 Å². The third-order valence-corrected chi connectivity index (χ3v) is 11.9. The molecule has 2 spiro atoms. The van der Waals surface area contributed by atoms with E-state index in [1.54, 1.807) is 0 Å². The van der Waals surface area contributed by atoms with Crippen LogP contribution in [0.1, 0.15) is 77.3 Å². The zero-order valence-corrected chi connectivity index (χ0v) is 21.5. The molecule has 1 aromatic rings. The van der Waals surface area contributed by atoms with Gasteiger partial charge in [-0.15, -0.1) is 0 Å². The molecule has 34 heavy (non-hydrogen) atoms. The van der Waals surface area contributed by atoms with Crippen molar-refractivity contribution in [2.75, 3.05) is 20.2 Å². The minimum Gasteiger partial charge on any atom is -0.504 e. The average molecular weight is 468 g/mol. The number of phenolic OH excluding ortho intramolecular Hbond substituents is 1.